The summed E-state index contributed by atoms with van der Waals surface area (Å²) in [6, 6.07) is 16.2. The lowest BCUT2D eigenvalue weighted by Gasteiger charge is -2.18. The van der Waals surface area contributed by atoms with Gasteiger partial charge in [0.15, 0.2) is 0 Å². The second-order valence-corrected chi connectivity index (χ2v) is 6.09. The molecule has 1 aliphatic heterocycles. The van der Waals surface area contributed by atoms with Gasteiger partial charge in [0, 0.05) is 23.7 Å². The number of fused-ring (bicyclic) bond motifs is 1. The van der Waals surface area contributed by atoms with E-state index < -0.39 is 0 Å². The molecule has 26 heavy (non-hydrogen) atoms. The van der Waals surface area contributed by atoms with Gasteiger partial charge in [-0.05, 0) is 23.8 Å². The molecule has 1 N–H and O–H groups in total. The molecule has 0 spiro atoms. The Balaban J connectivity index is 1.68. The van der Waals surface area contributed by atoms with Crippen LogP contribution in [0.5, 0.6) is 0 Å². The van der Waals surface area contributed by atoms with Crippen molar-refractivity contribution in [3.63, 3.8) is 0 Å². The lowest BCUT2D eigenvalue weighted by molar-refractivity contribution is -0.141. The van der Waals surface area contributed by atoms with Gasteiger partial charge in [0.2, 0.25) is 5.91 Å². The summed E-state index contributed by atoms with van der Waals surface area (Å²) < 4.78 is 4.75. The monoisotopic (exact) mass is 352 g/mol. The minimum atomic E-state index is -0.309. The number of carbonyl (C=O) groups is 3. The third-order valence-corrected chi connectivity index (χ3v) is 4.45. The highest BCUT2D eigenvalue weighted by Gasteiger charge is 2.33. The number of hydrogen-bond acceptors (Lipinski definition) is 4. The lowest BCUT2D eigenvalue weighted by atomic mass is 9.98. The highest BCUT2D eigenvalue weighted by Crippen LogP contribution is 2.38. The van der Waals surface area contributed by atoms with Gasteiger partial charge in [-0.25, -0.2) is 0 Å². The SMILES string of the molecule is COC(=O)CC1CN(C(=O)CNC(=O)c2ccccc2)c2ccccc21. The first-order chi connectivity index (χ1) is 12.6. The fraction of sp³-hybridized carbons (Fsp3) is 0.250. The van der Waals surface area contributed by atoms with Crippen molar-refractivity contribution in [2.24, 2.45) is 0 Å². The van der Waals surface area contributed by atoms with Gasteiger partial charge >= 0.3 is 5.97 Å². The molecule has 0 radical (unpaired) electrons. The van der Waals surface area contributed by atoms with E-state index in [2.05, 4.69) is 5.32 Å². The number of benzene rings is 2. The van der Waals surface area contributed by atoms with Crippen LogP contribution >= 0.6 is 0 Å². The van der Waals surface area contributed by atoms with Crippen LogP contribution in [0.1, 0.15) is 28.3 Å². The van der Waals surface area contributed by atoms with E-state index in [0.29, 0.717) is 12.1 Å². The number of ether oxygens (including phenoxy) is 1. The number of esters is 1. The summed E-state index contributed by atoms with van der Waals surface area (Å²) in [4.78, 5) is 38.0. The lowest BCUT2D eigenvalue weighted by Crippen LogP contribution is -2.39. The van der Waals surface area contributed by atoms with E-state index in [1.54, 1.807) is 29.2 Å². The Morgan fingerprint density at radius 3 is 2.50 bits per heavy atom. The van der Waals surface area contributed by atoms with Gasteiger partial charge in [0.1, 0.15) is 0 Å². The summed E-state index contributed by atoms with van der Waals surface area (Å²) in [6.45, 7) is 0.293. The molecule has 0 aromatic heterocycles. The fourth-order valence-corrected chi connectivity index (χ4v) is 3.13. The Morgan fingerprint density at radius 2 is 1.77 bits per heavy atom. The minimum Gasteiger partial charge on any atom is -0.469 e. The van der Waals surface area contributed by atoms with Gasteiger partial charge in [-0.1, -0.05) is 36.4 Å². The summed E-state index contributed by atoms with van der Waals surface area (Å²) in [5.41, 5.74) is 2.23. The topological polar surface area (TPSA) is 75.7 Å². The van der Waals surface area contributed by atoms with Crippen molar-refractivity contribution >= 4 is 23.5 Å². The number of anilines is 1. The summed E-state index contributed by atoms with van der Waals surface area (Å²) >= 11 is 0. The summed E-state index contributed by atoms with van der Waals surface area (Å²) in [5, 5.41) is 2.65. The average Bonchev–Trinajstić information content (AvgIpc) is 3.05. The van der Waals surface area contributed by atoms with E-state index >= 15 is 0 Å². The van der Waals surface area contributed by atoms with E-state index in [4.69, 9.17) is 4.74 Å². The highest BCUT2D eigenvalue weighted by atomic mass is 16.5. The molecule has 2 amide bonds. The molecule has 3 rings (SSSR count). The Hall–Kier alpha value is -3.15. The van der Waals surface area contributed by atoms with E-state index in [1.165, 1.54) is 7.11 Å². The molecule has 0 saturated carbocycles. The van der Waals surface area contributed by atoms with Gasteiger partial charge in [-0.2, -0.15) is 0 Å². The zero-order chi connectivity index (χ0) is 18.5. The molecule has 2 aromatic carbocycles. The van der Waals surface area contributed by atoms with E-state index in [9.17, 15) is 14.4 Å². The first-order valence-electron chi connectivity index (χ1n) is 8.39. The molecule has 0 bridgehead atoms. The molecule has 0 aliphatic carbocycles. The first-order valence-corrected chi connectivity index (χ1v) is 8.39. The Morgan fingerprint density at radius 1 is 1.08 bits per heavy atom. The molecule has 0 saturated heterocycles. The molecule has 1 atom stereocenters. The Kier molecular flexibility index (Phi) is 5.31. The van der Waals surface area contributed by atoms with Crippen LogP contribution in [0.4, 0.5) is 5.69 Å². The van der Waals surface area contributed by atoms with Crippen LogP contribution in [-0.4, -0.2) is 38.0 Å². The van der Waals surface area contributed by atoms with Crippen LogP contribution in [0, 0.1) is 0 Å². The molecule has 1 unspecified atom stereocenters. The first kappa shape index (κ1) is 17.7. The van der Waals surface area contributed by atoms with Crippen molar-refractivity contribution in [1.29, 1.82) is 0 Å². The number of methoxy groups -OCH3 is 1. The molecule has 134 valence electrons. The van der Waals surface area contributed by atoms with Crippen LogP contribution in [0.25, 0.3) is 0 Å². The van der Waals surface area contributed by atoms with Crippen molar-refractivity contribution < 1.29 is 19.1 Å². The molecule has 0 fully saturated rings. The van der Waals surface area contributed by atoms with Crippen molar-refractivity contribution in [3.8, 4) is 0 Å². The molecular weight excluding hydrogens is 332 g/mol. The van der Waals surface area contributed by atoms with Gasteiger partial charge < -0.3 is 15.0 Å². The average molecular weight is 352 g/mol. The number of para-hydroxylation sites is 1. The quantitative estimate of drug-likeness (QED) is 0.836. The number of carbonyl (C=O) groups excluding carboxylic acids is 3. The fourth-order valence-electron chi connectivity index (χ4n) is 3.13. The molecule has 1 heterocycles. The summed E-state index contributed by atoms with van der Waals surface area (Å²) in [6.07, 6.45) is 0.216. The molecule has 6 nitrogen and oxygen atoms in total. The van der Waals surface area contributed by atoms with E-state index in [0.717, 1.165) is 11.3 Å². The van der Waals surface area contributed by atoms with Gasteiger partial charge in [-0.15, -0.1) is 0 Å². The molecule has 2 aromatic rings. The number of amides is 2. The second-order valence-electron chi connectivity index (χ2n) is 6.09. The maximum absolute atomic E-state index is 12.6. The molecule has 1 aliphatic rings. The van der Waals surface area contributed by atoms with E-state index in [-0.39, 0.29) is 36.7 Å². The van der Waals surface area contributed by atoms with E-state index in [1.807, 2.05) is 30.3 Å². The van der Waals surface area contributed by atoms with Gasteiger partial charge in [0.25, 0.3) is 5.91 Å². The van der Waals surface area contributed by atoms with Crippen LogP contribution in [0.2, 0.25) is 0 Å². The Labute approximate surface area is 151 Å². The predicted octanol–water partition coefficient (Wildman–Crippen LogP) is 2.11. The third kappa shape index (κ3) is 3.74. The standard InChI is InChI=1S/C20H20N2O4/c1-26-19(24)11-15-13-22(17-10-6-5-9-16(15)17)18(23)12-21-20(25)14-7-3-2-4-8-14/h2-10,15H,11-13H2,1H3,(H,21,25). The number of hydrogen-bond donors (Lipinski definition) is 1. The largest absolute Gasteiger partial charge is 0.469 e. The van der Waals surface area contributed by atoms with Crippen LogP contribution in [0.15, 0.2) is 54.6 Å². The van der Waals surface area contributed by atoms with Crippen molar-refractivity contribution in [2.45, 2.75) is 12.3 Å². The number of rotatable bonds is 5. The zero-order valence-corrected chi connectivity index (χ0v) is 14.5. The number of nitrogens with zero attached hydrogens (tertiary/aromatic N) is 1. The summed E-state index contributed by atoms with van der Waals surface area (Å²) in [7, 11) is 1.35. The minimum absolute atomic E-state index is 0.104. The Bertz CT molecular complexity index is 820. The summed E-state index contributed by atoms with van der Waals surface area (Å²) in [5.74, 6) is -0.921. The van der Waals surface area contributed by atoms with Gasteiger partial charge in [0.05, 0.1) is 20.1 Å². The van der Waals surface area contributed by atoms with Crippen LogP contribution < -0.4 is 10.2 Å². The van der Waals surface area contributed by atoms with Crippen molar-refractivity contribution in [2.75, 3.05) is 25.1 Å². The van der Waals surface area contributed by atoms with Crippen LogP contribution in [0.3, 0.4) is 0 Å². The molecule has 6 heteroatoms. The van der Waals surface area contributed by atoms with Crippen molar-refractivity contribution in [3.05, 3.63) is 65.7 Å². The third-order valence-electron chi connectivity index (χ3n) is 4.45. The second kappa shape index (κ2) is 7.82. The van der Waals surface area contributed by atoms with Crippen molar-refractivity contribution in [1.82, 2.24) is 5.32 Å². The normalized spacial score (nSPS) is 15.3. The maximum atomic E-state index is 12.6. The maximum Gasteiger partial charge on any atom is 0.306 e. The van der Waals surface area contributed by atoms with Crippen LogP contribution in [-0.2, 0) is 14.3 Å². The smallest absolute Gasteiger partial charge is 0.306 e. The highest BCUT2D eigenvalue weighted by molar-refractivity contribution is 6.01. The number of nitrogens with one attached hydrogen (secondary N) is 1. The van der Waals surface area contributed by atoms with Gasteiger partial charge in [-0.3, -0.25) is 14.4 Å². The predicted molar refractivity (Wildman–Crippen MR) is 96.9 cm³/mol. The molecular formula is C20H20N2O4. The zero-order valence-electron chi connectivity index (χ0n) is 14.5.